The van der Waals surface area contributed by atoms with Gasteiger partial charge in [0.25, 0.3) is 5.91 Å². The number of halogens is 1. The van der Waals surface area contributed by atoms with Crippen LogP contribution in [0.1, 0.15) is 36.0 Å². The molecule has 0 spiro atoms. The Morgan fingerprint density at radius 2 is 2.06 bits per heavy atom. The summed E-state index contributed by atoms with van der Waals surface area (Å²) in [5.74, 6) is 0.733. The van der Waals surface area contributed by atoms with Gasteiger partial charge in [0.15, 0.2) is 0 Å². The molecular weight excluding hydrogens is 294 g/mol. The van der Waals surface area contributed by atoms with E-state index < -0.39 is 0 Å². The van der Waals surface area contributed by atoms with Crippen LogP contribution in [0.25, 0.3) is 0 Å². The van der Waals surface area contributed by atoms with Gasteiger partial charge in [0.05, 0.1) is 5.56 Å². The second-order valence-corrected chi connectivity index (χ2v) is 6.21. The Morgan fingerprint density at radius 3 is 2.67 bits per heavy atom. The van der Waals surface area contributed by atoms with Crippen LogP contribution < -0.4 is 0 Å². The molecule has 2 aliphatic rings. The van der Waals surface area contributed by atoms with Crippen molar-refractivity contribution < 1.29 is 9.90 Å². The van der Waals surface area contributed by atoms with Gasteiger partial charge in [-0.1, -0.05) is 15.9 Å². The zero-order valence-electron chi connectivity index (χ0n) is 10.1. The SMILES string of the molecule is O=C(c1cc(Br)ccc1O)N(CC1CC1)C1CC1. The fourth-order valence-corrected chi connectivity index (χ4v) is 2.56. The highest BCUT2D eigenvalue weighted by molar-refractivity contribution is 9.10. The van der Waals surface area contributed by atoms with Gasteiger partial charge in [-0.3, -0.25) is 4.79 Å². The van der Waals surface area contributed by atoms with E-state index in [4.69, 9.17) is 0 Å². The molecule has 0 atom stereocenters. The van der Waals surface area contributed by atoms with Gasteiger partial charge in [-0.25, -0.2) is 0 Å². The Bertz CT molecular complexity index is 481. The third-order valence-corrected chi connectivity index (χ3v) is 4.08. The van der Waals surface area contributed by atoms with Crippen molar-refractivity contribution in [1.82, 2.24) is 4.90 Å². The molecule has 2 aliphatic carbocycles. The summed E-state index contributed by atoms with van der Waals surface area (Å²) in [4.78, 5) is 14.5. The summed E-state index contributed by atoms with van der Waals surface area (Å²) in [6.45, 7) is 0.857. The third kappa shape index (κ3) is 2.53. The van der Waals surface area contributed by atoms with Crippen molar-refractivity contribution in [2.75, 3.05) is 6.54 Å². The first-order chi connectivity index (χ1) is 8.65. The first-order valence-electron chi connectivity index (χ1n) is 6.44. The number of phenols is 1. The maximum atomic E-state index is 12.5. The quantitative estimate of drug-likeness (QED) is 0.928. The lowest BCUT2D eigenvalue weighted by molar-refractivity contribution is 0.0731. The van der Waals surface area contributed by atoms with Crippen LogP contribution in [0.4, 0.5) is 0 Å². The van der Waals surface area contributed by atoms with Crippen molar-refractivity contribution in [3.8, 4) is 5.75 Å². The predicted octanol–water partition coefficient (Wildman–Crippen LogP) is 3.17. The topological polar surface area (TPSA) is 40.5 Å². The smallest absolute Gasteiger partial charge is 0.257 e. The molecule has 4 heteroatoms. The lowest BCUT2D eigenvalue weighted by Gasteiger charge is -2.22. The molecule has 2 saturated carbocycles. The number of hydrogen-bond acceptors (Lipinski definition) is 2. The molecule has 3 rings (SSSR count). The van der Waals surface area contributed by atoms with Crippen LogP contribution in [0.15, 0.2) is 22.7 Å². The Morgan fingerprint density at radius 1 is 1.33 bits per heavy atom. The van der Waals surface area contributed by atoms with Gasteiger partial charge in [-0.05, 0) is 49.8 Å². The number of nitrogens with zero attached hydrogens (tertiary/aromatic N) is 1. The number of benzene rings is 1. The molecule has 18 heavy (non-hydrogen) atoms. The van der Waals surface area contributed by atoms with E-state index in [1.165, 1.54) is 12.8 Å². The summed E-state index contributed by atoms with van der Waals surface area (Å²) in [5.41, 5.74) is 0.414. The lowest BCUT2D eigenvalue weighted by atomic mass is 10.1. The molecule has 0 aliphatic heterocycles. The van der Waals surface area contributed by atoms with Crippen LogP contribution in [0.5, 0.6) is 5.75 Å². The number of aromatic hydroxyl groups is 1. The molecule has 0 saturated heterocycles. The zero-order chi connectivity index (χ0) is 12.7. The minimum Gasteiger partial charge on any atom is -0.507 e. The minimum absolute atomic E-state index is 0.0248. The molecule has 2 fully saturated rings. The van der Waals surface area contributed by atoms with Crippen LogP contribution in [0.2, 0.25) is 0 Å². The Balaban J connectivity index is 1.83. The standard InChI is InChI=1S/C14H16BrNO2/c15-10-3-6-13(17)12(7-10)14(18)16(11-4-5-11)8-9-1-2-9/h3,6-7,9,11,17H,1-2,4-5,8H2. The third-order valence-electron chi connectivity index (χ3n) is 3.59. The van der Waals surface area contributed by atoms with Gasteiger partial charge >= 0.3 is 0 Å². The lowest BCUT2D eigenvalue weighted by Crippen LogP contribution is -2.34. The molecule has 0 radical (unpaired) electrons. The Kier molecular flexibility index (Phi) is 3.06. The number of amides is 1. The first-order valence-corrected chi connectivity index (χ1v) is 7.24. The van der Waals surface area contributed by atoms with Crippen LogP contribution in [0.3, 0.4) is 0 Å². The number of rotatable bonds is 4. The van der Waals surface area contributed by atoms with Crippen molar-refractivity contribution in [3.05, 3.63) is 28.2 Å². The van der Waals surface area contributed by atoms with E-state index in [9.17, 15) is 9.90 Å². The maximum Gasteiger partial charge on any atom is 0.257 e. The van der Waals surface area contributed by atoms with Gasteiger partial charge in [0.1, 0.15) is 5.75 Å². The molecule has 0 unspecified atom stereocenters. The minimum atomic E-state index is -0.0248. The summed E-state index contributed by atoms with van der Waals surface area (Å²) in [5, 5.41) is 9.84. The van der Waals surface area contributed by atoms with Crippen LogP contribution in [-0.4, -0.2) is 28.5 Å². The van der Waals surface area contributed by atoms with Crippen LogP contribution in [0, 0.1) is 5.92 Å². The van der Waals surface area contributed by atoms with Gasteiger partial charge in [0, 0.05) is 17.1 Å². The van der Waals surface area contributed by atoms with Crippen molar-refractivity contribution in [1.29, 1.82) is 0 Å². The molecule has 3 nitrogen and oxygen atoms in total. The highest BCUT2D eigenvalue weighted by Gasteiger charge is 2.37. The fourth-order valence-electron chi connectivity index (χ4n) is 2.20. The maximum absolute atomic E-state index is 12.5. The van der Waals surface area contributed by atoms with Crippen LogP contribution >= 0.6 is 15.9 Å². The molecule has 1 amide bonds. The monoisotopic (exact) mass is 309 g/mol. The Labute approximate surface area is 115 Å². The highest BCUT2D eigenvalue weighted by atomic mass is 79.9. The van der Waals surface area contributed by atoms with Gasteiger partial charge in [-0.15, -0.1) is 0 Å². The second-order valence-electron chi connectivity index (χ2n) is 5.29. The summed E-state index contributed by atoms with van der Waals surface area (Å²) < 4.78 is 0.825. The Hall–Kier alpha value is -1.03. The average Bonchev–Trinajstić information content (AvgIpc) is 3.21. The normalized spacial score (nSPS) is 18.7. The molecule has 0 aromatic heterocycles. The van der Waals surface area contributed by atoms with Crippen molar-refractivity contribution >= 4 is 21.8 Å². The van der Waals surface area contributed by atoms with Crippen molar-refractivity contribution in [2.45, 2.75) is 31.7 Å². The average molecular weight is 310 g/mol. The number of carbonyl (C=O) groups is 1. The summed E-state index contributed by atoms with van der Waals surface area (Å²) in [6, 6.07) is 5.42. The molecule has 1 aromatic carbocycles. The zero-order valence-corrected chi connectivity index (χ0v) is 11.7. The van der Waals surface area contributed by atoms with E-state index in [0.29, 0.717) is 17.5 Å². The summed E-state index contributed by atoms with van der Waals surface area (Å²) >= 11 is 3.35. The van der Waals surface area contributed by atoms with Crippen LogP contribution in [-0.2, 0) is 0 Å². The van der Waals surface area contributed by atoms with E-state index >= 15 is 0 Å². The molecule has 0 bridgehead atoms. The largest absolute Gasteiger partial charge is 0.507 e. The summed E-state index contributed by atoms with van der Waals surface area (Å²) in [7, 11) is 0. The van der Waals surface area contributed by atoms with E-state index in [0.717, 1.165) is 23.9 Å². The van der Waals surface area contributed by atoms with Gasteiger partial charge in [-0.2, -0.15) is 0 Å². The number of hydrogen-bond donors (Lipinski definition) is 1. The molecular formula is C14H16BrNO2. The molecule has 1 N–H and O–H groups in total. The molecule has 0 heterocycles. The second kappa shape index (κ2) is 4.57. The highest BCUT2D eigenvalue weighted by Crippen LogP contribution is 2.36. The van der Waals surface area contributed by atoms with E-state index in [-0.39, 0.29) is 11.7 Å². The van der Waals surface area contributed by atoms with E-state index in [1.54, 1.807) is 18.2 Å². The van der Waals surface area contributed by atoms with Gasteiger partial charge in [0.2, 0.25) is 0 Å². The van der Waals surface area contributed by atoms with E-state index in [2.05, 4.69) is 15.9 Å². The first kappa shape index (κ1) is 12.0. The fraction of sp³-hybridized carbons (Fsp3) is 0.500. The van der Waals surface area contributed by atoms with Crippen molar-refractivity contribution in [3.63, 3.8) is 0 Å². The van der Waals surface area contributed by atoms with Gasteiger partial charge < -0.3 is 10.0 Å². The number of carbonyl (C=O) groups excluding carboxylic acids is 1. The molecule has 96 valence electrons. The summed E-state index contributed by atoms with van der Waals surface area (Å²) in [6.07, 6.45) is 4.68. The van der Waals surface area contributed by atoms with E-state index in [1.807, 2.05) is 4.90 Å². The van der Waals surface area contributed by atoms with Crippen molar-refractivity contribution in [2.24, 2.45) is 5.92 Å². The molecule has 1 aromatic rings. The predicted molar refractivity (Wildman–Crippen MR) is 72.6 cm³/mol. The number of phenolic OH excluding ortho intramolecular Hbond substituents is 1.